The minimum atomic E-state index is -1.04. The molecule has 0 aliphatic rings. The van der Waals surface area contributed by atoms with Crippen LogP contribution in [0.15, 0.2) is 44.6 Å². The molecule has 0 radical (unpaired) electrons. The van der Waals surface area contributed by atoms with E-state index < -0.39 is 5.97 Å². The first-order valence-electron chi connectivity index (χ1n) is 6.34. The quantitative estimate of drug-likeness (QED) is 0.709. The Hall–Kier alpha value is -1.63. The number of hydrogen-bond acceptors (Lipinski definition) is 4. The van der Waals surface area contributed by atoms with Gasteiger partial charge in [-0.2, -0.15) is 0 Å². The molecular formula is C15H12BrNO3S. The maximum absolute atomic E-state index is 11.3. The van der Waals surface area contributed by atoms with E-state index in [4.69, 9.17) is 4.42 Å². The van der Waals surface area contributed by atoms with Crippen LogP contribution >= 0.6 is 27.3 Å². The number of aromatic carboxylic acids is 1. The summed E-state index contributed by atoms with van der Waals surface area (Å²) in [4.78, 5) is 12.5. The number of thiophene rings is 1. The van der Waals surface area contributed by atoms with Crippen molar-refractivity contribution in [2.45, 2.75) is 13.1 Å². The molecule has 21 heavy (non-hydrogen) atoms. The molecule has 2 heterocycles. The Morgan fingerprint density at radius 3 is 2.76 bits per heavy atom. The lowest BCUT2D eigenvalue weighted by molar-refractivity contribution is 0.0663. The lowest BCUT2D eigenvalue weighted by Gasteiger charge is -2.03. The first kappa shape index (κ1) is 14.3. The van der Waals surface area contributed by atoms with Crippen molar-refractivity contribution in [2.24, 2.45) is 0 Å². The molecule has 108 valence electrons. The monoisotopic (exact) mass is 365 g/mol. The van der Waals surface area contributed by atoms with Gasteiger partial charge in [-0.05, 0) is 34.1 Å². The number of halogens is 1. The van der Waals surface area contributed by atoms with E-state index in [2.05, 4.69) is 21.2 Å². The number of rotatable bonds is 5. The molecule has 2 N–H and O–H groups in total. The van der Waals surface area contributed by atoms with Crippen LogP contribution in [-0.2, 0) is 13.1 Å². The third kappa shape index (κ3) is 3.02. The molecule has 6 heteroatoms. The Morgan fingerprint density at radius 2 is 2.05 bits per heavy atom. The van der Waals surface area contributed by atoms with E-state index in [9.17, 15) is 9.90 Å². The summed E-state index contributed by atoms with van der Waals surface area (Å²) in [5.74, 6) is -1.03. The van der Waals surface area contributed by atoms with Crippen molar-refractivity contribution < 1.29 is 14.3 Å². The number of carboxylic acid groups (broad SMARTS) is 1. The summed E-state index contributed by atoms with van der Waals surface area (Å²) in [7, 11) is 0. The van der Waals surface area contributed by atoms with Crippen molar-refractivity contribution in [3.63, 3.8) is 0 Å². The summed E-state index contributed by atoms with van der Waals surface area (Å²) in [5, 5.41) is 13.4. The van der Waals surface area contributed by atoms with Gasteiger partial charge in [-0.1, -0.05) is 18.2 Å². The molecular weight excluding hydrogens is 354 g/mol. The number of carbonyl (C=O) groups is 1. The summed E-state index contributed by atoms with van der Waals surface area (Å²) in [6.07, 6.45) is 0. The Kier molecular flexibility index (Phi) is 4.10. The molecule has 0 atom stereocenters. The third-order valence-corrected chi connectivity index (χ3v) is 4.75. The molecule has 0 spiro atoms. The average molecular weight is 366 g/mol. The lowest BCUT2D eigenvalue weighted by atomic mass is 10.1. The van der Waals surface area contributed by atoms with Gasteiger partial charge in [0.1, 0.15) is 5.58 Å². The summed E-state index contributed by atoms with van der Waals surface area (Å²) in [6, 6.07) is 11.4. The predicted molar refractivity (Wildman–Crippen MR) is 85.7 cm³/mol. The molecule has 0 aliphatic carbocycles. The van der Waals surface area contributed by atoms with Crippen LogP contribution in [0.4, 0.5) is 0 Å². The van der Waals surface area contributed by atoms with Crippen molar-refractivity contribution >= 4 is 44.2 Å². The van der Waals surface area contributed by atoms with Crippen molar-refractivity contribution in [3.05, 3.63) is 56.4 Å². The Labute approximate surface area is 133 Å². The summed E-state index contributed by atoms with van der Waals surface area (Å²) in [5.41, 5.74) is 1.29. The minimum absolute atomic E-state index is 0.0102. The second kappa shape index (κ2) is 6.01. The highest BCUT2D eigenvalue weighted by molar-refractivity contribution is 9.11. The van der Waals surface area contributed by atoms with Crippen molar-refractivity contribution in [1.82, 2.24) is 5.32 Å². The molecule has 1 aromatic carbocycles. The molecule has 0 amide bonds. The molecule has 0 fully saturated rings. The van der Waals surface area contributed by atoms with Gasteiger partial charge < -0.3 is 14.8 Å². The number of furan rings is 1. The Morgan fingerprint density at radius 1 is 1.24 bits per heavy atom. The van der Waals surface area contributed by atoms with Gasteiger partial charge in [-0.15, -0.1) is 11.3 Å². The Balaban J connectivity index is 1.82. The SMILES string of the molecule is O=C(O)c1oc2ccccc2c1CNCc1ccc(Br)s1. The van der Waals surface area contributed by atoms with Crippen LogP contribution in [-0.4, -0.2) is 11.1 Å². The van der Waals surface area contributed by atoms with Crippen LogP contribution in [0, 0.1) is 0 Å². The minimum Gasteiger partial charge on any atom is -0.475 e. The van der Waals surface area contributed by atoms with Gasteiger partial charge in [-0.25, -0.2) is 4.79 Å². The van der Waals surface area contributed by atoms with Gasteiger partial charge in [0, 0.05) is 28.9 Å². The second-order valence-electron chi connectivity index (χ2n) is 4.52. The fourth-order valence-electron chi connectivity index (χ4n) is 2.20. The maximum Gasteiger partial charge on any atom is 0.372 e. The number of fused-ring (bicyclic) bond motifs is 1. The largest absolute Gasteiger partial charge is 0.475 e. The number of benzene rings is 1. The molecule has 0 saturated carbocycles. The van der Waals surface area contributed by atoms with E-state index in [1.165, 1.54) is 4.88 Å². The van der Waals surface area contributed by atoms with Crippen LogP contribution in [0.1, 0.15) is 21.0 Å². The lowest BCUT2D eigenvalue weighted by Crippen LogP contribution is -2.13. The van der Waals surface area contributed by atoms with Gasteiger partial charge in [0.05, 0.1) is 3.79 Å². The zero-order valence-corrected chi connectivity index (χ0v) is 13.3. The number of hydrogen-bond donors (Lipinski definition) is 2. The van der Waals surface area contributed by atoms with Gasteiger partial charge in [0.15, 0.2) is 0 Å². The standard InChI is InChI=1S/C15H12BrNO3S/c16-13-6-5-9(21-13)7-17-8-11-10-3-1-2-4-12(10)20-14(11)15(18)19/h1-6,17H,7-8H2,(H,18,19). The van der Waals surface area contributed by atoms with Gasteiger partial charge >= 0.3 is 5.97 Å². The highest BCUT2D eigenvalue weighted by atomic mass is 79.9. The van der Waals surface area contributed by atoms with Gasteiger partial charge in [-0.3, -0.25) is 0 Å². The van der Waals surface area contributed by atoms with Crippen molar-refractivity contribution in [2.75, 3.05) is 0 Å². The zero-order chi connectivity index (χ0) is 14.8. The highest BCUT2D eigenvalue weighted by Gasteiger charge is 2.19. The summed E-state index contributed by atoms with van der Waals surface area (Å²) in [6.45, 7) is 1.14. The smallest absolute Gasteiger partial charge is 0.372 e. The van der Waals surface area contributed by atoms with Gasteiger partial charge in [0.25, 0.3) is 0 Å². The molecule has 4 nitrogen and oxygen atoms in total. The predicted octanol–water partition coefficient (Wildman–Crippen LogP) is 4.24. The van der Waals surface area contributed by atoms with Crippen molar-refractivity contribution in [3.8, 4) is 0 Å². The van der Waals surface area contributed by atoms with Crippen LogP contribution in [0.5, 0.6) is 0 Å². The van der Waals surface area contributed by atoms with Crippen molar-refractivity contribution in [1.29, 1.82) is 0 Å². The number of carboxylic acids is 1. The van der Waals surface area contributed by atoms with E-state index in [1.54, 1.807) is 17.4 Å². The van der Waals surface area contributed by atoms with E-state index in [0.717, 1.165) is 9.17 Å². The van der Waals surface area contributed by atoms with E-state index in [0.29, 0.717) is 24.2 Å². The van der Waals surface area contributed by atoms with Gasteiger partial charge in [0.2, 0.25) is 5.76 Å². The number of para-hydroxylation sites is 1. The van der Waals surface area contributed by atoms with Crippen LogP contribution in [0.25, 0.3) is 11.0 Å². The molecule has 3 aromatic rings. The Bertz CT molecular complexity index is 793. The van der Waals surface area contributed by atoms with Crippen LogP contribution in [0.2, 0.25) is 0 Å². The normalized spacial score (nSPS) is 11.1. The topological polar surface area (TPSA) is 62.5 Å². The van der Waals surface area contributed by atoms with E-state index in [-0.39, 0.29) is 5.76 Å². The molecule has 0 aliphatic heterocycles. The first-order chi connectivity index (χ1) is 10.1. The first-order valence-corrected chi connectivity index (χ1v) is 7.94. The molecule has 0 saturated heterocycles. The fraction of sp³-hybridized carbons (Fsp3) is 0.133. The van der Waals surface area contributed by atoms with E-state index in [1.807, 2.05) is 30.3 Å². The van der Waals surface area contributed by atoms with E-state index >= 15 is 0 Å². The molecule has 0 bridgehead atoms. The fourth-order valence-corrected chi connectivity index (χ4v) is 3.66. The third-order valence-electron chi connectivity index (χ3n) is 3.12. The zero-order valence-electron chi connectivity index (χ0n) is 10.9. The van der Waals surface area contributed by atoms with Crippen LogP contribution in [0.3, 0.4) is 0 Å². The maximum atomic E-state index is 11.3. The summed E-state index contributed by atoms with van der Waals surface area (Å²) < 4.78 is 6.51. The number of nitrogens with one attached hydrogen (secondary N) is 1. The molecule has 0 unspecified atom stereocenters. The molecule has 2 aromatic heterocycles. The van der Waals surface area contributed by atoms with Crippen LogP contribution < -0.4 is 5.32 Å². The highest BCUT2D eigenvalue weighted by Crippen LogP contribution is 2.26. The average Bonchev–Trinajstić information content (AvgIpc) is 3.03. The second-order valence-corrected chi connectivity index (χ2v) is 7.07. The summed E-state index contributed by atoms with van der Waals surface area (Å²) >= 11 is 5.08. The molecule has 3 rings (SSSR count).